The summed E-state index contributed by atoms with van der Waals surface area (Å²) in [5.41, 5.74) is -0.174. The van der Waals surface area contributed by atoms with Crippen molar-refractivity contribution in [2.24, 2.45) is 5.92 Å². The van der Waals surface area contributed by atoms with Crippen LogP contribution in [0.1, 0.15) is 39.5 Å². The van der Waals surface area contributed by atoms with Gasteiger partial charge in [0.25, 0.3) is 0 Å². The molecule has 98 valence electrons. The van der Waals surface area contributed by atoms with Crippen LogP contribution in [0.15, 0.2) is 0 Å². The number of carbonyl (C=O) groups excluding carboxylic acids is 1. The Hall–Kier alpha value is -0.610. The third-order valence-corrected chi connectivity index (χ3v) is 3.76. The molecule has 0 aromatic rings. The zero-order valence-electron chi connectivity index (χ0n) is 11.2. The van der Waals surface area contributed by atoms with E-state index in [9.17, 15) is 4.79 Å². The summed E-state index contributed by atoms with van der Waals surface area (Å²) in [6.45, 7) is 5.83. The summed E-state index contributed by atoms with van der Waals surface area (Å²) in [5, 5.41) is 3.53. The molecule has 4 nitrogen and oxygen atoms in total. The van der Waals surface area contributed by atoms with Crippen LogP contribution in [0.25, 0.3) is 0 Å². The highest BCUT2D eigenvalue weighted by Gasteiger charge is 2.58. The molecule has 1 saturated heterocycles. The van der Waals surface area contributed by atoms with Gasteiger partial charge >= 0.3 is 0 Å². The maximum atomic E-state index is 12.3. The van der Waals surface area contributed by atoms with Gasteiger partial charge in [-0.05, 0) is 25.2 Å². The number of carbonyl (C=O) groups is 1. The van der Waals surface area contributed by atoms with Crippen molar-refractivity contribution in [2.75, 3.05) is 20.3 Å². The second-order valence-electron chi connectivity index (χ2n) is 5.55. The lowest BCUT2D eigenvalue weighted by Crippen LogP contribution is -2.40. The number of nitrogens with one attached hydrogen (secondary N) is 1. The van der Waals surface area contributed by atoms with Crippen molar-refractivity contribution in [3.8, 4) is 0 Å². The Morgan fingerprint density at radius 1 is 1.59 bits per heavy atom. The molecule has 1 heterocycles. The minimum atomic E-state index is -0.174. The number of nitrogens with zero attached hydrogens (tertiary/aromatic N) is 1. The summed E-state index contributed by atoms with van der Waals surface area (Å²) in [7, 11) is 1.71. The fraction of sp³-hybridized carbons (Fsp3) is 0.923. The molecule has 0 aromatic heterocycles. The highest BCUT2D eigenvalue weighted by molar-refractivity contribution is 5.91. The molecule has 17 heavy (non-hydrogen) atoms. The van der Waals surface area contributed by atoms with Gasteiger partial charge in [0.15, 0.2) is 0 Å². The molecule has 2 rings (SSSR count). The molecule has 1 spiro atoms. The summed E-state index contributed by atoms with van der Waals surface area (Å²) < 4.78 is 5.15. The van der Waals surface area contributed by atoms with Gasteiger partial charge in [-0.3, -0.25) is 10.1 Å². The van der Waals surface area contributed by atoms with Crippen molar-refractivity contribution in [3.05, 3.63) is 0 Å². The van der Waals surface area contributed by atoms with Crippen LogP contribution in [0.4, 0.5) is 0 Å². The van der Waals surface area contributed by atoms with E-state index < -0.39 is 0 Å². The Morgan fingerprint density at radius 3 is 2.82 bits per heavy atom. The minimum Gasteiger partial charge on any atom is -0.384 e. The molecular weight excluding hydrogens is 216 g/mol. The van der Waals surface area contributed by atoms with E-state index in [1.54, 1.807) is 7.11 Å². The fourth-order valence-corrected chi connectivity index (χ4v) is 2.74. The van der Waals surface area contributed by atoms with E-state index in [1.165, 1.54) is 0 Å². The maximum absolute atomic E-state index is 12.3. The Bertz CT molecular complexity index is 289. The molecule has 0 bridgehead atoms. The SMILES string of the molecule is CCCC1NC2(CC2)C(=O)N1CC(C)COC. The van der Waals surface area contributed by atoms with Crippen molar-refractivity contribution in [1.29, 1.82) is 0 Å². The van der Waals surface area contributed by atoms with Crippen LogP contribution in [-0.2, 0) is 9.53 Å². The number of hydrogen-bond acceptors (Lipinski definition) is 3. The zero-order valence-corrected chi connectivity index (χ0v) is 11.2. The average Bonchev–Trinajstić information content (AvgIpc) is 3.01. The Balaban J connectivity index is 1.98. The molecule has 1 N–H and O–H groups in total. The molecule has 1 aliphatic heterocycles. The highest BCUT2D eigenvalue weighted by atomic mass is 16.5. The molecule has 1 saturated carbocycles. The van der Waals surface area contributed by atoms with Gasteiger partial charge < -0.3 is 9.64 Å². The quantitative estimate of drug-likeness (QED) is 0.762. The predicted octanol–water partition coefficient (Wildman–Crippen LogP) is 1.36. The van der Waals surface area contributed by atoms with Gasteiger partial charge in [0, 0.05) is 13.7 Å². The number of rotatable bonds is 6. The van der Waals surface area contributed by atoms with Gasteiger partial charge in [-0.1, -0.05) is 20.3 Å². The molecule has 4 heteroatoms. The summed E-state index contributed by atoms with van der Waals surface area (Å²) in [4.78, 5) is 14.4. The predicted molar refractivity (Wildman–Crippen MR) is 66.5 cm³/mol. The summed E-state index contributed by atoms with van der Waals surface area (Å²) in [6, 6.07) is 0. The van der Waals surface area contributed by atoms with Crippen LogP contribution >= 0.6 is 0 Å². The van der Waals surface area contributed by atoms with Crippen molar-refractivity contribution < 1.29 is 9.53 Å². The van der Waals surface area contributed by atoms with Crippen LogP contribution in [0.5, 0.6) is 0 Å². The molecule has 2 fully saturated rings. The fourth-order valence-electron chi connectivity index (χ4n) is 2.74. The van der Waals surface area contributed by atoms with Crippen LogP contribution in [0, 0.1) is 5.92 Å². The summed E-state index contributed by atoms with van der Waals surface area (Å²) in [5.74, 6) is 0.720. The number of amides is 1. The lowest BCUT2D eigenvalue weighted by molar-refractivity contribution is -0.131. The Labute approximate surface area is 104 Å². The first-order chi connectivity index (χ1) is 8.13. The van der Waals surface area contributed by atoms with E-state index in [0.717, 1.165) is 38.8 Å². The standard InChI is InChI=1S/C13H24N2O2/c1-4-5-11-14-13(6-7-13)12(16)15(11)8-10(2)9-17-3/h10-11,14H,4-9H2,1-3H3. The Kier molecular flexibility index (Phi) is 3.73. The van der Waals surface area contributed by atoms with E-state index in [4.69, 9.17) is 4.74 Å². The highest BCUT2D eigenvalue weighted by Crippen LogP contribution is 2.42. The second-order valence-corrected chi connectivity index (χ2v) is 5.55. The smallest absolute Gasteiger partial charge is 0.244 e. The van der Waals surface area contributed by atoms with Gasteiger partial charge in [-0.15, -0.1) is 0 Å². The normalized spacial score (nSPS) is 27.8. The minimum absolute atomic E-state index is 0.174. The van der Waals surface area contributed by atoms with Crippen molar-refractivity contribution in [2.45, 2.75) is 51.2 Å². The first-order valence-electron chi connectivity index (χ1n) is 6.70. The third kappa shape index (κ3) is 2.47. The lowest BCUT2D eigenvalue weighted by Gasteiger charge is -2.26. The molecule has 0 radical (unpaired) electrons. The first kappa shape index (κ1) is 12.8. The van der Waals surface area contributed by atoms with Gasteiger partial charge in [-0.2, -0.15) is 0 Å². The van der Waals surface area contributed by atoms with Crippen LogP contribution in [0.2, 0.25) is 0 Å². The van der Waals surface area contributed by atoms with E-state index in [1.807, 2.05) is 4.90 Å². The average molecular weight is 240 g/mol. The van der Waals surface area contributed by atoms with Crippen molar-refractivity contribution in [3.63, 3.8) is 0 Å². The van der Waals surface area contributed by atoms with E-state index in [-0.39, 0.29) is 11.7 Å². The number of hydrogen-bond donors (Lipinski definition) is 1. The zero-order chi connectivity index (χ0) is 12.5. The van der Waals surface area contributed by atoms with Crippen molar-refractivity contribution >= 4 is 5.91 Å². The van der Waals surface area contributed by atoms with Crippen LogP contribution in [-0.4, -0.2) is 42.8 Å². The number of methoxy groups -OCH3 is 1. The van der Waals surface area contributed by atoms with E-state index in [2.05, 4.69) is 19.2 Å². The van der Waals surface area contributed by atoms with Gasteiger partial charge in [0.1, 0.15) is 0 Å². The van der Waals surface area contributed by atoms with Gasteiger partial charge in [0.05, 0.1) is 18.3 Å². The van der Waals surface area contributed by atoms with Crippen LogP contribution in [0.3, 0.4) is 0 Å². The first-order valence-corrected chi connectivity index (χ1v) is 6.70. The topological polar surface area (TPSA) is 41.6 Å². The molecule has 0 aromatic carbocycles. The third-order valence-electron chi connectivity index (χ3n) is 3.76. The molecule has 2 aliphatic rings. The Morgan fingerprint density at radius 2 is 2.29 bits per heavy atom. The second kappa shape index (κ2) is 4.94. The summed E-state index contributed by atoms with van der Waals surface area (Å²) in [6.07, 6.45) is 4.43. The summed E-state index contributed by atoms with van der Waals surface area (Å²) >= 11 is 0. The van der Waals surface area contributed by atoms with Gasteiger partial charge in [-0.25, -0.2) is 0 Å². The molecule has 2 atom stereocenters. The molecule has 1 aliphatic carbocycles. The number of ether oxygens (including phenoxy) is 1. The lowest BCUT2D eigenvalue weighted by atomic mass is 10.1. The maximum Gasteiger partial charge on any atom is 0.244 e. The molecule has 2 unspecified atom stereocenters. The van der Waals surface area contributed by atoms with Crippen LogP contribution < -0.4 is 5.32 Å². The van der Waals surface area contributed by atoms with Crippen molar-refractivity contribution in [1.82, 2.24) is 10.2 Å². The largest absolute Gasteiger partial charge is 0.384 e. The van der Waals surface area contributed by atoms with E-state index >= 15 is 0 Å². The van der Waals surface area contributed by atoms with E-state index in [0.29, 0.717) is 11.8 Å². The van der Waals surface area contributed by atoms with Gasteiger partial charge in [0.2, 0.25) is 5.91 Å². The monoisotopic (exact) mass is 240 g/mol. The molecular formula is C13H24N2O2. The molecule has 1 amide bonds.